The van der Waals surface area contributed by atoms with Crippen LogP contribution in [0, 0.1) is 0 Å². The third-order valence-corrected chi connectivity index (χ3v) is 9.92. The van der Waals surface area contributed by atoms with Crippen LogP contribution in [0.4, 0.5) is 0 Å². The molecule has 10 aromatic rings. The molecule has 0 saturated carbocycles. The van der Waals surface area contributed by atoms with E-state index in [0.29, 0.717) is 0 Å². The van der Waals surface area contributed by atoms with Crippen LogP contribution in [0.3, 0.4) is 0 Å². The van der Waals surface area contributed by atoms with E-state index in [9.17, 15) is 0 Å². The molecule has 0 amide bonds. The van der Waals surface area contributed by atoms with Crippen molar-refractivity contribution in [2.45, 2.75) is 0 Å². The molecular weight excluding hydrogens is 607 g/mol. The largest absolute Gasteiger partial charge is 0.309 e. The zero-order chi connectivity index (χ0) is 33.0. The van der Waals surface area contributed by atoms with E-state index >= 15 is 0 Å². The Morgan fingerprint density at radius 3 is 1.74 bits per heavy atom. The fourth-order valence-electron chi connectivity index (χ4n) is 7.68. The van der Waals surface area contributed by atoms with Gasteiger partial charge >= 0.3 is 0 Å². The smallest absolute Gasteiger partial charge is 0.138 e. The summed E-state index contributed by atoms with van der Waals surface area (Å²) in [6.45, 7) is 0. The van der Waals surface area contributed by atoms with E-state index in [0.717, 1.165) is 39.4 Å². The van der Waals surface area contributed by atoms with Gasteiger partial charge in [0.25, 0.3) is 0 Å². The standard InChI is InChI=1S/C47H31N3/c1-3-14-32(15-4-1)34-18-11-19-36(30-34)49-43-25-9-7-20-38(43)40-29-28-35(31-45(40)49)37-22-12-23-41-39-21-8-10-26-44(39)50(47(37)41)46-27-13-24-42(48-46)33-16-5-2-6-17-33/h1-31H. The number of benzene rings is 7. The van der Waals surface area contributed by atoms with Crippen molar-refractivity contribution in [2.75, 3.05) is 0 Å². The summed E-state index contributed by atoms with van der Waals surface area (Å²) in [6.07, 6.45) is 0. The first-order valence-electron chi connectivity index (χ1n) is 17.1. The third-order valence-electron chi connectivity index (χ3n) is 9.92. The molecule has 0 aliphatic carbocycles. The van der Waals surface area contributed by atoms with Gasteiger partial charge in [-0.3, -0.25) is 4.57 Å². The Balaban J connectivity index is 1.23. The van der Waals surface area contributed by atoms with Crippen molar-refractivity contribution >= 4 is 43.6 Å². The third kappa shape index (κ3) is 4.48. The van der Waals surface area contributed by atoms with Gasteiger partial charge in [-0.25, -0.2) is 4.98 Å². The fourth-order valence-corrected chi connectivity index (χ4v) is 7.68. The number of nitrogens with zero attached hydrogens (tertiary/aromatic N) is 3. The van der Waals surface area contributed by atoms with Crippen LogP contribution in [0.2, 0.25) is 0 Å². The maximum Gasteiger partial charge on any atom is 0.138 e. The van der Waals surface area contributed by atoms with E-state index in [1.54, 1.807) is 0 Å². The van der Waals surface area contributed by atoms with Crippen molar-refractivity contribution in [3.63, 3.8) is 0 Å². The van der Waals surface area contributed by atoms with Crippen molar-refractivity contribution in [1.82, 2.24) is 14.1 Å². The van der Waals surface area contributed by atoms with Crippen LogP contribution in [-0.2, 0) is 0 Å². The molecule has 0 bridgehead atoms. The van der Waals surface area contributed by atoms with Crippen LogP contribution in [-0.4, -0.2) is 14.1 Å². The van der Waals surface area contributed by atoms with Crippen molar-refractivity contribution < 1.29 is 0 Å². The first-order valence-corrected chi connectivity index (χ1v) is 17.1. The van der Waals surface area contributed by atoms with Crippen molar-refractivity contribution in [3.8, 4) is 45.0 Å². The molecule has 3 aromatic heterocycles. The highest BCUT2D eigenvalue weighted by atomic mass is 15.1. The lowest BCUT2D eigenvalue weighted by Gasteiger charge is -2.13. The van der Waals surface area contributed by atoms with Crippen molar-refractivity contribution in [1.29, 1.82) is 0 Å². The number of hydrogen-bond donors (Lipinski definition) is 0. The Hall–Kier alpha value is -6.71. The molecule has 3 nitrogen and oxygen atoms in total. The zero-order valence-corrected chi connectivity index (χ0v) is 27.2. The number of fused-ring (bicyclic) bond motifs is 6. The Labute approximate surface area is 290 Å². The van der Waals surface area contributed by atoms with Gasteiger partial charge in [-0.2, -0.15) is 0 Å². The highest BCUT2D eigenvalue weighted by Gasteiger charge is 2.19. The minimum atomic E-state index is 0.901. The lowest BCUT2D eigenvalue weighted by atomic mass is 10.0. The first kappa shape index (κ1) is 28.3. The van der Waals surface area contributed by atoms with E-state index in [1.807, 2.05) is 6.07 Å². The summed E-state index contributed by atoms with van der Waals surface area (Å²) in [5.41, 5.74) is 12.6. The molecule has 10 rings (SSSR count). The molecule has 0 radical (unpaired) electrons. The number of aromatic nitrogens is 3. The molecule has 3 heterocycles. The van der Waals surface area contributed by atoms with E-state index in [2.05, 4.69) is 191 Å². The molecule has 0 atom stereocenters. The molecule has 0 aliphatic heterocycles. The second-order valence-electron chi connectivity index (χ2n) is 12.8. The Bertz CT molecular complexity index is 2860. The zero-order valence-electron chi connectivity index (χ0n) is 27.2. The topological polar surface area (TPSA) is 22.8 Å². The SMILES string of the molecule is c1ccc(-c2cccc(-n3c4ccccc4c4ccc(-c5cccc6c7ccccc7n(-c7cccc(-c8ccccc8)n7)c56)cc43)c2)cc1. The Kier molecular flexibility index (Phi) is 6.49. The maximum atomic E-state index is 5.25. The molecule has 3 heteroatoms. The minimum Gasteiger partial charge on any atom is -0.309 e. The van der Waals surface area contributed by atoms with Gasteiger partial charge in [-0.15, -0.1) is 0 Å². The second kappa shape index (κ2) is 11.5. The highest BCUT2D eigenvalue weighted by Crippen LogP contribution is 2.41. The predicted molar refractivity (Wildman–Crippen MR) is 209 cm³/mol. The molecule has 0 aliphatic rings. The van der Waals surface area contributed by atoms with Crippen LogP contribution in [0.5, 0.6) is 0 Å². The Morgan fingerprint density at radius 2 is 0.940 bits per heavy atom. The van der Waals surface area contributed by atoms with Gasteiger partial charge in [0.15, 0.2) is 0 Å². The number of rotatable bonds is 5. The van der Waals surface area contributed by atoms with Gasteiger partial charge in [0.1, 0.15) is 5.82 Å². The summed E-state index contributed by atoms with van der Waals surface area (Å²) < 4.78 is 4.76. The van der Waals surface area contributed by atoms with E-state index in [4.69, 9.17) is 4.98 Å². The molecule has 0 unspecified atom stereocenters. The lowest BCUT2D eigenvalue weighted by molar-refractivity contribution is 1.08. The maximum absolute atomic E-state index is 5.25. The normalized spacial score (nSPS) is 11.6. The van der Waals surface area contributed by atoms with E-state index in [1.165, 1.54) is 49.3 Å². The first-order chi connectivity index (χ1) is 24.8. The van der Waals surface area contributed by atoms with E-state index in [-0.39, 0.29) is 0 Å². The van der Waals surface area contributed by atoms with Gasteiger partial charge in [-0.1, -0.05) is 146 Å². The van der Waals surface area contributed by atoms with Crippen molar-refractivity contribution in [2.24, 2.45) is 0 Å². The number of pyridine rings is 1. The molecular formula is C47H31N3. The quantitative estimate of drug-likeness (QED) is 0.184. The average molecular weight is 638 g/mol. The number of para-hydroxylation sites is 3. The van der Waals surface area contributed by atoms with Crippen LogP contribution in [0.25, 0.3) is 88.6 Å². The van der Waals surface area contributed by atoms with Crippen LogP contribution < -0.4 is 0 Å². The summed E-state index contributed by atoms with van der Waals surface area (Å²) in [6, 6.07) is 67.3. The predicted octanol–water partition coefficient (Wildman–Crippen LogP) is 12.3. The molecule has 0 saturated heterocycles. The average Bonchev–Trinajstić information content (AvgIpc) is 3.71. The van der Waals surface area contributed by atoms with Crippen LogP contribution >= 0.6 is 0 Å². The molecule has 234 valence electrons. The summed E-state index contributed by atoms with van der Waals surface area (Å²) in [4.78, 5) is 5.25. The van der Waals surface area contributed by atoms with Gasteiger partial charge in [0.2, 0.25) is 0 Å². The summed E-state index contributed by atoms with van der Waals surface area (Å²) in [5, 5.41) is 4.90. The van der Waals surface area contributed by atoms with Crippen LogP contribution in [0.1, 0.15) is 0 Å². The van der Waals surface area contributed by atoms with Crippen molar-refractivity contribution in [3.05, 3.63) is 188 Å². The molecule has 0 spiro atoms. The van der Waals surface area contributed by atoms with E-state index < -0.39 is 0 Å². The molecule has 7 aromatic carbocycles. The van der Waals surface area contributed by atoms with Gasteiger partial charge < -0.3 is 4.57 Å². The minimum absolute atomic E-state index is 0.901. The monoisotopic (exact) mass is 637 g/mol. The Morgan fingerprint density at radius 1 is 0.340 bits per heavy atom. The fraction of sp³-hybridized carbons (Fsp3) is 0. The molecule has 0 fully saturated rings. The molecule has 0 N–H and O–H groups in total. The van der Waals surface area contributed by atoms with Gasteiger partial charge in [0.05, 0.1) is 27.8 Å². The summed E-state index contributed by atoms with van der Waals surface area (Å²) in [7, 11) is 0. The molecule has 50 heavy (non-hydrogen) atoms. The highest BCUT2D eigenvalue weighted by molar-refractivity contribution is 6.15. The summed E-state index contributed by atoms with van der Waals surface area (Å²) in [5.74, 6) is 0.901. The van der Waals surface area contributed by atoms with Gasteiger partial charge in [-0.05, 0) is 59.2 Å². The van der Waals surface area contributed by atoms with Gasteiger partial charge in [0, 0.05) is 38.4 Å². The summed E-state index contributed by atoms with van der Waals surface area (Å²) >= 11 is 0. The second-order valence-corrected chi connectivity index (χ2v) is 12.8. The lowest BCUT2D eigenvalue weighted by Crippen LogP contribution is -1.99. The number of hydrogen-bond acceptors (Lipinski definition) is 1. The van der Waals surface area contributed by atoms with Crippen LogP contribution in [0.15, 0.2) is 188 Å².